The van der Waals surface area contributed by atoms with Gasteiger partial charge in [0.05, 0.1) is 5.56 Å². The van der Waals surface area contributed by atoms with Crippen LogP contribution in [-0.2, 0) is 0 Å². The monoisotopic (exact) mass is 293 g/mol. The number of carbonyl (C=O) groups excluding carboxylic acids is 1. The molecule has 0 bridgehead atoms. The summed E-state index contributed by atoms with van der Waals surface area (Å²) in [7, 11) is 0. The molecule has 0 aliphatic heterocycles. The van der Waals surface area contributed by atoms with Gasteiger partial charge in [-0.3, -0.25) is 4.79 Å². The van der Waals surface area contributed by atoms with Crippen molar-refractivity contribution in [3.8, 4) is 0 Å². The van der Waals surface area contributed by atoms with Crippen molar-refractivity contribution in [2.45, 2.75) is 13.8 Å². The Morgan fingerprint density at radius 3 is 2.65 bits per heavy atom. The largest absolute Gasteiger partial charge is 0.469 e. The van der Waals surface area contributed by atoms with Crippen molar-refractivity contribution in [1.82, 2.24) is 0 Å². The summed E-state index contributed by atoms with van der Waals surface area (Å²) in [4.78, 5) is 11.8. The maximum absolute atomic E-state index is 11.8. The van der Waals surface area contributed by atoms with E-state index in [1.807, 2.05) is 25.1 Å². The van der Waals surface area contributed by atoms with Crippen LogP contribution in [0.2, 0.25) is 0 Å². The number of hydrogen-bond acceptors (Lipinski definition) is 2. The van der Waals surface area contributed by atoms with Gasteiger partial charge < -0.3 is 9.73 Å². The number of furan rings is 1. The lowest BCUT2D eigenvalue weighted by Crippen LogP contribution is -2.10. The molecule has 1 heterocycles. The second kappa shape index (κ2) is 4.75. The number of nitrogens with one attached hydrogen (secondary N) is 1. The van der Waals surface area contributed by atoms with E-state index in [1.165, 1.54) is 6.26 Å². The van der Waals surface area contributed by atoms with E-state index in [0.29, 0.717) is 5.56 Å². The third kappa shape index (κ3) is 2.77. The number of amides is 1. The molecule has 0 aliphatic carbocycles. The summed E-state index contributed by atoms with van der Waals surface area (Å²) in [5.41, 5.74) is 2.41. The van der Waals surface area contributed by atoms with E-state index in [0.717, 1.165) is 21.5 Å². The molecule has 0 radical (unpaired) electrons. The van der Waals surface area contributed by atoms with Crippen LogP contribution in [0.5, 0.6) is 0 Å². The van der Waals surface area contributed by atoms with Gasteiger partial charge in [0.2, 0.25) is 0 Å². The highest BCUT2D eigenvalue weighted by molar-refractivity contribution is 9.10. The summed E-state index contributed by atoms with van der Waals surface area (Å²) in [6.45, 7) is 3.80. The van der Waals surface area contributed by atoms with Crippen molar-refractivity contribution in [3.05, 3.63) is 51.9 Å². The molecule has 0 fully saturated rings. The minimum Gasteiger partial charge on any atom is -0.469 e. The Morgan fingerprint density at radius 1 is 1.29 bits per heavy atom. The first kappa shape index (κ1) is 11.9. The molecule has 1 N–H and O–H groups in total. The topological polar surface area (TPSA) is 42.2 Å². The normalized spacial score (nSPS) is 10.3. The highest BCUT2D eigenvalue weighted by Crippen LogP contribution is 2.21. The van der Waals surface area contributed by atoms with Crippen molar-refractivity contribution in [1.29, 1.82) is 0 Å². The van der Waals surface area contributed by atoms with E-state index >= 15 is 0 Å². The van der Waals surface area contributed by atoms with Gasteiger partial charge in [-0.05, 0) is 37.6 Å². The Morgan fingerprint density at radius 2 is 2.06 bits per heavy atom. The number of benzene rings is 1. The van der Waals surface area contributed by atoms with Gasteiger partial charge in [0.25, 0.3) is 5.91 Å². The molecule has 2 rings (SSSR count). The average molecular weight is 294 g/mol. The molecule has 0 atom stereocenters. The standard InChI is InChI=1S/C13H12BrNO2/c1-8-3-4-11(6-12(8)14)15-13(16)10-5-9(2)17-7-10/h3-7H,1-2H3,(H,15,16). The first-order chi connectivity index (χ1) is 8.06. The third-order valence-corrected chi connectivity index (χ3v) is 3.28. The van der Waals surface area contributed by atoms with Crippen molar-refractivity contribution in [3.63, 3.8) is 0 Å². The van der Waals surface area contributed by atoms with Gasteiger partial charge in [0.15, 0.2) is 0 Å². The zero-order valence-corrected chi connectivity index (χ0v) is 11.2. The molecule has 1 amide bonds. The maximum Gasteiger partial charge on any atom is 0.258 e. The quantitative estimate of drug-likeness (QED) is 0.912. The predicted molar refractivity (Wildman–Crippen MR) is 70.3 cm³/mol. The van der Waals surface area contributed by atoms with Crippen LogP contribution in [0.25, 0.3) is 0 Å². The van der Waals surface area contributed by atoms with Gasteiger partial charge in [-0.15, -0.1) is 0 Å². The average Bonchev–Trinajstić information content (AvgIpc) is 2.70. The van der Waals surface area contributed by atoms with E-state index in [9.17, 15) is 4.79 Å². The number of hydrogen-bond donors (Lipinski definition) is 1. The van der Waals surface area contributed by atoms with Crippen molar-refractivity contribution in [2.75, 3.05) is 5.32 Å². The minimum absolute atomic E-state index is 0.169. The number of carbonyl (C=O) groups is 1. The van der Waals surface area contributed by atoms with Crippen LogP contribution in [0.15, 0.2) is 39.4 Å². The molecule has 2 aromatic rings. The Kier molecular flexibility index (Phi) is 3.33. The van der Waals surface area contributed by atoms with Crippen molar-refractivity contribution < 1.29 is 9.21 Å². The summed E-state index contributed by atoms with van der Waals surface area (Å²) < 4.78 is 6.07. The predicted octanol–water partition coefficient (Wildman–Crippen LogP) is 3.91. The lowest BCUT2D eigenvalue weighted by molar-refractivity contribution is 0.102. The molecular weight excluding hydrogens is 282 g/mol. The lowest BCUT2D eigenvalue weighted by Gasteiger charge is -2.05. The highest BCUT2D eigenvalue weighted by Gasteiger charge is 2.09. The van der Waals surface area contributed by atoms with E-state index in [2.05, 4.69) is 21.2 Å². The number of rotatable bonds is 2. The minimum atomic E-state index is -0.169. The molecule has 0 spiro atoms. The van der Waals surface area contributed by atoms with Gasteiger partial charge in [-0.1, -0.05) is 22.0 Å². The Hall–Kier alpha value is -1.55. The van der Waals surface area contributed by atoms with Gasteiger partial charge >= 0.3 is 0 Å². The lowest BCUT2D eigenvalue weighted by atomic mass is 10.2. The first-order valence-corrected chi connectivity index (χ1v) is 5.98. The van der Waals surface area contributed by atoms with E-state index < -0.39 is 0 Å². The third-order valence-electron chi connectivity index (χ3n) is 2.42. The second-order valence-corrected chi connectivity index (χ2v) is 4.72. The van der Waals surface area contributed by atoms with E-state index in [-0.39, 0.29) is 5.91 Å². The Balaban J connectivity index is 2.15. The van der Waals surface area contributed by atoms with Crippen LogP contribution in [0.1, 0.15) is 21.7 Å². The molecule has 4 heteroatoms. The van der Waals surface area contributed by atoms with Crippen LogP contribution in [0, 0.1) is 13.8 Å². The highest BCUT2D eigenvalue weighted by atomic mass is 79.9. The number of halogens is 1. The molecule has 1 aromatic carbocycles. The fourth-order valence-electron chi connectivity index (χ4n) is 1.44. The van der Waals surface area contributed by atoms with Crippen LogP contribution in [0.4, 0.5) is 5.69 Å². The molecular formula is C13H12BrNO2. The van der Waals surface area contributed by atoms with Gasteiger partial charge in [-0.25, -0.2) is 0 Å². The zero-order valence-electron chi connectivity index (χ0n) is 9.58. The summed E-state index contributed by atoms with van der Waals surface area (Å²) in [6, 6.07) is 7.39. The molecule has 0 saturated carbocycles. The van der Waals surface area contributed by atoms with E-state index in [4.69, 9.17) is 4.42 Å². The van der Waals surface area contributed by atoms with Crippen LogP contribution in [0.3, 0.4) is 0 Å². The Bertz CT molecular complexity index is 560. The summed E-state index contributed by atoms with van der Waals surface area (Å²) in [6.07, 6.45) is 1.45. The maximum atomic E-state index is 11.8. The van der Waals surface area contributed by atoms with Crippen LogP contribution in [-0.4, -0.2) is 5.91 Å². The second-order valence-electron chi connectivity index (χ2n) is 3.86. The summed E-state index contributed by atoms with van der Waals surface area (Å²) in [5, 5.41) is 2.81. The van der Waals surface area contributed by atoms with Gasteiger partial charge in [-0.2, -0.15) is 0 Å². The molecule has 88 valence electrons. The van der Waals surface area contributed by atoms with Crippen LogP contribution < -0.4 is 5.32 Å². The SMILES string of the molecule is Cc1cc(C(=O)Nc2ccc(C)c(Br)c2)co1. The zero-order chi connectivity index (χ0) is 12.4. The molecule has 0 unspecified atom stereocenters. The molecule has 3 nitrogen and oxygen atoms in total. The van der Waals surface area contributed by atoms with Gasteiger partial charge in [0.1, 0.15) is 12.0 Å². The first-order valence-electron chi connectivity index (χ1n) is 5.19. The van der Waals surface area contributed by atoms with E-state index in [1.54, 1.807) is 13.0 Å². The number of aryl methyl sites for hydroxylation is 2. The molecule has 1 aromatic heterocycles. The molecule has 17 heavy (non-hydrogen) atoms. The number of anilines is 1. The Labute approximate surface area is 108 Å². The molecule has 0 saturated heterocycles. The fraction of sp³-hybridized carbons (Fsp3) is 0.154. The smallest absolute Gasteiger partial charge is 0.258 e. The van der Waals surface area contributed by atoms with Gasteiger partial charge in [0, 0.05) is 10.2 Å². The summed E-state index contributed by atoms with van der Waals surface area (Å²) in [5.74, 6) is 0.554. The van der Waals surface area contributed by atoms with Crippen LogP contribution >= 0.6 is 15.9 Å². The van der Waals surface area contributed by atoms with Crippen molar-refractivity contribution in [2.24, 2.45) is 0 Å². The molecule has 0 aliphatic rings. The summed E-state index contributed by atoms with van der Waals surface area (Å²) >= 11 is 3.43. The van der Waals surface area contributed by atoms with Crippen molar-refractivity contribution >= 4 is 27.5 Å². The fourth-order valence-corrected chi connectivity index (χ4v) is 1.82.